The van der Waals surface area contributed by atoms with Gasteiger partial charge in [0.05, 0.1) is 6.54 Å². The molecule has 0 aliphatic heterocycles. The molecule has 0 radical (unpaired) electrons. The average molecular weight is 314 g/mol. The highest BCUT2D eigenvalue weighted by Gasteiger charge is 2.19. The number of furan rings is 1. The molecule has 1 aliphatic carbocycles. The van der Waals surface area contributed by atoms with Crippen molar-refractivity contribution in [3.05, 3.63) is 17.9 Å². The van der Waals surface area contributed by atoms with Gasteiger partial charge in [-0.1, -0.05) is 39.0 Å². The monoisotopic (exact) mass is 314 g/mol. The largest absolute Gasteiger partial charge is 0.447 e. The molecule has 21 heavy (non-hydrogen) atoms. The lowest BCUT2D eigenvalue weighted by Gasteiger charge is -2.21. The van der Waals surface area contributed by atoms with Crippen LogP contribution in [0.3, 0.4) is 0 Å². The van der Waals surface area contributed by atoms with Crippen LogP contribution in [-0.2, 0) is 16.6 Å². The molecule has 0 atom stereocenters. The van der Waals surface area contributed by atoms with Crippen LogP contribution in [0.25, 0.3) is 0 Å². The van der Waals surface area contributed by atoms with Crippen LogP contribution in [0.15, 0.2) is 21.6 Å². The second-order valence-electron chi connectivity index (χ2n) is 5.69. The Kier molecular flexibility index (Phi) is 6.26. The van der Waals surface area contributed by atoms with E-state index in [1.807, 2.05) is 6.92 Å². The maximum atomic E-state index is 12.1. The van der Waals surface area contributed by atoms with Crippen LogP contribution in [0, 0.1) is 5.92 Å². The van der Waals surface area contributed by atoms with Crippen LogP contribution in [0.1, 0.15) is 51.2 Å². The lowest BCUT2D eigenvalue weighted by atomic mass is 9.87. The molecule has 6 heteroatoms. The minimum atomic E-state index is -3.51. The summed E-state index contributed by atoms with van der Waals surface area (Å²) in [6.45, 7) is 3.86. The summed E-state index contributed by atoms with van der Waals surface area (Å²) in [7, 11) is -3.51. The predicted octanol–water partition coefficient (Wildman–Crippen LogP) is 2.64. The van der Waals surface area contributed by atoms with Crippen LogP contribution < -0.4 is 10.0 Å². The van der Waals surface area contributed by atoms with Gasteiger partial charge in [-0.15, -0.1) is 0 Å². The van der Waals surface area contributed by atoms with Crippen molar-refractivity contribution >= 4 is 10.0 Å². The van der Waals surface area contributed by atoms with Crippen LogP contribution in [-0.4, -0.2) is 21.5 Å². The molecule has 1 fully saturated rings. The third-order valence-corrected chi connectivity index (χ3v) is 5.35. The summed E-state index contributed by atoms with van der Waals surface area (Å²) in [5, 5.41) is 3.12. The van der Waals surface area contributed by atoms with E-state index in [9.17, 15) is 8.42 Å². The topological polar surface area (TPSA) is 71.3 Å². The van der Waals surface area contributed by atoms with Gasteiger partial charge in [0.25, 0.3) is 10.0 Å². The van der Waals surface area contributed by atoms with E-state index < -0.39 is 10.0 Å². The average Bonchev–Trinajstić information content (AvgIpc) is 2.96. The molecule has 1 saturated carbocycles. The predicted molar refractivity (Wildman–Crippen MR) is 82.5 cm³/mol. The highest BCUT2D eigenvalue weighted by atomic mass is 32.2. The normalized spacial score (nSPS) is 17.2. The SMILES string of the molecule is CCNCc1ccc(S(=O)(=O)NCCC2CCCCC2)o1. The summed E-state index contributed by atoms with van der Waals surface area (Å²) in [5.74, 6) is 1.31. The van der Waals surface area contributed by atoms with Crippen LogP contribution in [0.2, 0.25) is 0 Å². The van der Waals surface area contributed by atoms with E-state index in [4.69, 9.17) is 4.42 Å². The molecule has 1 aliphatic rings. The van der Waals surface area contributed by atoms with Crippen molar-refractivity contribution < 1.29 is 12.8 Å². The first kappa shape index (κ1) is 16.5. The van der Waals surface area contributed by atoms with Crippen molar-refractivity contribution in [2.24, 2.45) is 5.92 Å². The van der Waals surface area contributed by atoms with Crippen molar-refractivity contribution in [3.63, 3.8) is 0 Å². The quantitative estimate of drug-likeness (QED) is 0.774. The Hall–Kier alpha value is -0.850. The number of hydrogen-bond acceptors (Lipinski definition) is 4. The van der Waals surface area contributed by atoms with Gasteiger partial charge in [0.1, 0.15) is 5.76 Å². The Bertz CT molecular complexity index is 519. The van der Waals surface area contributed by atoms with Gasteiger partial charge >= 0.3 is 0 Å². The van der Waals surface area contributed by atoms with Gasteiger partial charge in [-0.3, -0.25) is 0 Å². The molecule has 0 bridgehead atoms. The summed E-state index contributed by atoms with van der Waals surface area (Å²) in [6, 6.07) is 3.23. The highest BCUT2D eigenvalue weighted by molar-refractivity contribution is 7.89. The zero-order chi connectivity index (χ0) is 15.1. The van der Waals surface area contributed by atoms with Crippen LogP contribution in [0.5, 0.6) is 0 Å². The first-order valence-corrected chi connectivity index (χ1v) is 9.39. The van der Waals surface area contributed by atoms with Gasteiger partial charge in [0, 0.05) is 6.54 Å². The van der Waals surface area contributed by atoms with E-state index in [1.165, 1.54) is 38.2 Å². The number of sulfonamides is 1. The fourth-order valence-corrected chi connectivity index (χ4v) is 3.78. The maximum Gasteiger partial charge on any atom is 0.273 e. The van der Waals surface area contributed by atoms with Gasteiger partial charge in [0.15, 0.2) is 0 Å². The van der Waals surface area contributed by atoms with E-state index in [0.717, 1.165) is 13.0 Å². The fourth-order valence-electron chi connectivity index (χ4n) is 2.79. The van der Waals surface area contributed by atoms with Crippen molar-refractivity contribution in [1.82, 2.24) is 10.0 Å². The number of hydrogen-bond donors (Lipinski definition) is 2. The van der Waals surface area contributed by atoms with E-state index >= 15 is 0 Å². The van der Waals surface area contributed by atoms with Gasteiger partial charge < -0.3 is 9.73 Å². The molecule has 1 aromatic rings. The van der Waals surface area contributed by atoms with E-state index in [1.54, 1.807) is 6.07 Å². The summed E-state index contributed by atoms with van der Waals surface area (Å²) in [4.78, 5) is 0. The summed E-state index contributed by atoms with van der Waals surface area (Å²) in [6.07, 6.45) is 7.27. The molecule has 0 saturated heterocycles. The first-order chi connectivity index (χ1) is 10.1. The van der Waals surface area contributed by atoms with Gasteiger partial charge in [0.2, 0.25) is 5.09 Å². The zero-order valence-electron chi connectivity index (χ0n) is 12.7. The number of nitrogens with one attached hydrogen (secondary N) is 2. The molecular formula is C15H26N2O3S. The summed E-state index contributed by atoms with van der Waals surface area (Å²) in [5.41, 5.74) is 0. The molecule has 1 aromatic heterocycles. The van der Waals surface area contributed by atoms with Gasteiger partial charge in [-0.05, 0) is 31.0 Å². The maximum absolute atomic E-state index is 12.1. The Labute approximate surface area is 127 Å². The fraction of sp³-hybridized carbons (Fsp3) is 0.733. The van der Waals surface area contributed by atoms with Crippen LogP contribution in [0.4, 0.5) is 0 Å². The van der Waals surface area contributed by atoms with E-state index in [2.05, 4.69) is 10.0 Å². The molecule has 0 aromatic carbocycles. The van der Waals surface area contributed by atoms with Crippen molar-refractivity contribution in [3.8, 4) is 0 Å². The smallest absolute Gasteiger partial charge is 0.273 e. The molecule has 5 nitrogen and oxygen atoms in total. The van der Waals surface area contributed by atoms with Crippen molar-refractivity contribution in [2.45, 2.75) is 57.1 Å². The molecule has 0 amide bonds. The lowest BCUT2D eigenvalue weighted by Crippen LogP contribution is -2.26. The Morgan fingerprint density at radius 1 is 1.24 bits per heavy atom. The van der Waals surface area contributed by atoms with E-state index in [-0.39, 0.29) is 5.09 Å². The van der Waals surface area contributed by atoms with Crippen molar-refractivity contribution in [1.29, 1.82) is 0 Å². The molecule has 0 spiro atoms. The number of rotatable bonds is 8. The third kappa shape index (κ3) is 5.13. The zero-order valence-corrected chi connectivity index (χ0v) is 13.5. The molecule has 2 N–H and O–H groups in total. The Balaban J connectivity index is 1.81. The molecule has 2 rings (SSSR count). The molecule has 0 unspecified atom stereocenters. The Morgan fingerprint density at radius 2 is 2.00 bits per heavy atom. The van der Waals surface area contributed by atoms with Gasteiger partial charge in [-0.25, -0.2) is 13.1 Å². The molecule has 120 valence electrons. The minimum absolute atomic E-state index is 0.0130. The van der Waals surface area contributed by atoms with Crippen LogP contribution >= 0.6 is 0 Å². The second-order valence-corrected chi connectivity index (χ2v) is 7.39. The standard InChI is InChI=1S/C15H26N2O3S/c1-2-16-12-14-8-9-15(20-14)21(18,19)17-11-10-13-6-4-3-5-7-13/h8-9,13,16-17H,2-7,10-12H2,1H3. The lowest BCUT2D eigenvalue weighted by molar-refractivity contribution is 0.339. The minimum Gasteiger partial charge on any atom is -0.447 e. The summed E-state index contributed by atoms with van der Waals surface area (Å²) < 4.78 is 32.3. The van der Waals surface area contributed by atoms with Crippen molar-refractivity contribution in [2.75, 3.05) is 13.1 Å². The first-order valence-electron chi connectivity index (χ1n) is 7.91. The third-order valence-electron chi connectivity index (χ3n) is 4.02. The van der Waals surface area contributed by atoms with E-state index in [0.29, 0.717) is 24.8 Å². The molecule has 1 heterocycles. The second kappa shape index (κ2) is 7.96. The summed E-state index contributed by atoms with van der Waals surface area (Å²) >= 11 is 0. The van der Waals surface area contributed by atoms with Gasteiger partial charge in [-0.2, -0.15) is 0 Å². The Morgan fingerprint density at radius 3 is 2.71 bits per heavy atom. The highest BCUT2D eigenvalue weighted by Crippen LogP contribution is 2.26. The molecular weight excluding hydrogens is 288 g/mol.